The normalized spacial score (nSPS) is 14.4. The van der Waals surface area contributed by atoms with Gasteiger partial charge in [0.15, 0.2) is 0 Å². The average Bonchev–Trinajstić information content (AvgIpc) is 3.12. The number of halogens is 1. The molecule has 0 spiro atoms. The Labute approximate surface area is 188 Å². The first-order chi connectivity index (χ1) is 13.9. The second-order valence-electron chi connectivity index (χ2n) is 8.36. The van der Waals surface area contributed by atoms with Gasteiger partial charge in [-0.3, -0.25) is 4.72 Å². The maximum Gasteiger partial charge on any atom is 0.264 e. The summed E-state index contributed by atoms with van der Waals surface area (Å²) >= 11 is 7.37. The van der Waals surface area contributed by atoms with Gasteiger partial charge in [0.05, 0.1) is 15.6 Å². The lowest BCUT2D eigenvalue weighted by Crippen LogP contribution is -2.36. The molecule has 2 aromatic rings. The van der Waals surface area contributed by atoms with Gasteiger partial charge in [-0.05, 0) is 62.3 Å². The van der Waals surface area contributed by atoms with Crippen molar-refractivity contribution in [2.75, 3.05) is 23.1 Å². The number of hydrogen-bond donors (Lipinski definition) is 4. The van der Waals surface area contributed by atoms with Crippen LogP contribution in [-0.4, -0.2) is 36.9 Å². The summed E-state index contributed by atoms with van der Waals surface area (Å²) in [6.45, 7) is 9.36. The van der Waals surface area contributed by atoms with Crippen LogP contribution in [0.3, 0.4) is 0 Å². The number of aromatic nitrogens is 2. The average molecular weight is 475 g/mol. The molecule has 30 heavy (non-hydrogen) atoms. The van der Waals surface area contributed by atoms with E-state index in [-0.39, 0.29) is 27.4 Å². The predicted molar refractivity (Wildman–Crippen MR) is 125 cm³/mol. The van der Waals surface area contributed by atoms with E-state index in [1.54, 1.807) is 13.0 Å². The second-order valence-corrected chi connectivity index (χ2v) is 11.2. The lowest BCUT2D eigenvalue weighted by atomic mass is 9.78. The van der Waals surface area contributed by atoms with Gasteiger partial charge in [-0.1, -0.05) is 25.4 Å². The summed E-state index contributed by atoms with van der Waals surface area (Å²) in [5.41, 5.74) is 13.3. The Hall–Kier alpha value is -1.46. The third kappa shape index (κ3) is 6.78. The lowest BCUT2D eigenvalue weighted by molar-refractivity contribution is 0.239. The molecule has 0 saturated carbocycles. The first kappa shape index (κ1) is 24.8. The van der Waals surface area contributed by atoms with Crippen molar-refractivity contribution in [3.05, 3.63) is 29.0 Å². The van der Waals surface area contributed by atoms with Gasteiger partial charge in [-0.25, -0.2) is 13.4 Å². The van der Waals surface area contributed by atoms with E-state index in [0.29, 0.717) is 29.4 Å². The summed E-state index contributed by atoms with van der Waals surface area (Å²) in [5.74, 6) is 0.213. The maximum absolute atomic E-state index is 12.7. The summed E-state index contributed by atoms with van der Waals surface area (Å²) in [6, 6.07) is 3.17. The molecular weight excluding hydrogens is 444 g/mol. The molecule has 1 aromatic heterocycles. The molecule has 0 fully saturated rings. The fourth-order valence-corrected chi connectivity index (χ4v) is 5.57. The van der Waals surface area contributed by atoms with E-state index in [1.165, 1.54) is 12.4 Å². The molecule has 2 atom stereocenters. The van der Waals surface area contributed by atoms with E-state index in [9.17, 15) is 8.42 Å². The monoisotopic (exact) mass is 474 g/mol. The van der Waals surface area contributed by atoms with Crippen LogP contribution in [0, 0.1) is 18.3 Å². The number of anilines is 2. The summed E-state index contributed by atoms with van der Waals surface area (Å²) in [7, 11) is -3.81. The quantitative estimate of drug-likeness (QED) is 0.391. The van der Waals surface area contributed by atoms with Crippen molar-refractivity contribution in [2.24, 2.45) is 22.8 Å². The van der Waals surface area contributed by atoms with Crippen LogP contribution in [0.5, 0.6) is 0 Å². The highest BCUT2D eigenvalue weighted by Gasteiger charge is 2.26. The highest BCUT2D eigenvalue weighted by molar-refractivity contribution is 7.93. The standard InChI is InChI=1S/C19H31ClN6O2S2/c1-12-7-16(23-10-14(13(2)22)9-19(3,4)5-6-21)15(20)8-17(12)30(27,28)26-18-24-11-25-29-18/h7-8,11,13-14,23H,5-6,9-10,21-22H2,1-4H3,(H,24,25,26). The molecular formula is C19H31ClN6O2S2. The minimum absolute atomic E-state index is 0.00909. The molecule has 2 unspecified atom stereocenters. The first-order valence-electron chi connectivity index (χ1n) is 9.74. The van der Waals surface area contributed by atoms with Crippen molar-refractivity contribution in [2.45, 2.75) is 51.5 Å². The van der Waals surface area contributed by atoms with Crippen molar-refractivity contribution in [1.29, 1.82) is 0 Å². The Bertz CT molecular complexity index is 933. The molecule has 0 saturated heterocycles. The molecule has 1 aromatic carbocycles. The van der Waals surface area contributed by atoms with Crippen LogP contribution in [0.15, 0.2) is 23.4 Å². The van der Waals surface area contributed by atoms with E-state index in [0.717, 1.165) is 24.4 Å². The number of aryl methyl sites for hydroxylation is 1. The zero-order valence-electron chi connectivity index (χ0n) is 17.8. The van der Waals surface area contributed by atoms with E-state index in [4.69, 9.17) is 23.1 Å². The molecule has 1 heterocycles. The van der Waals surface area contributed by atoms with Gasteiger partial charge in [-0.2, -0.15) is 4.37 Å². The molecule has 0 amide bonds. The number of nitrogens with two attached hydrogens (primary N) is 2. The Morgan fingerprint density at radius 2 is 2.03 bits per heavy atom. The topological polar surface area (TPSA) is 136 Å². The lowest BCUT2D eigenvalue weighted by Gasteiger charge is -2.32. The highest BCUT2D eigenvalue weighted by atomic mass is 35.5. The Kier molecular flexibility index (Phi) is 8.46. The number of nitrogens with one attached hydrogen (secondary N) is 2. The van der Waals surface area contributed by atoms with Crippen molar-refractivity contribution < 1.29 is 8.42 Å². The minimum Gasteiger partial charge on any atom is -0.383 e. The summed E-state index contributed by atoms with van der Waals surface area (Å²) in [6.07, 6.45) is 3.13. The van der Waals surface area contributed by atoms with Gasteiger partial charge < -0.3 is 16.8 Å². The third-order valence-corrected chi connectivity index (χ3v) is 7.57. The first-order valence-corrected chi connectivity index (χ1v) is 12.4. The molecule has 6 N–H and O–H groups in total. The van der Waals surface area contributed by atoms with Gasteiger partial charge in [0, 0.05) is 24.1 Å². The van der Waals surface area contributed by atoms with Crippen LogP contribution in [0.1, 0.15) is 39.2 Å². The number of hydrogen-bond acceptors (Lipinski definition) is 8. The van der Waals surface area contributed by atoms with Crippen molar-refractivity contribution in [3.8, 4) is 0 Å². The van der Waals surface area contributed by atoms with Gasteiger partial charge in [-0.15, -0.1) is 0 Å². The van der Waals surface area contributed by atoms with Crippen LogP contribution < -0.4 is 21.5 Å². The van der Waals surface area contributed by atoms with Gasteiger partial charge in [0.1, 0.15) is 6.33 Å². The number of benzene rings is 1. The zero-order valence-corrected chi connectivity index (χ0v) is 20.2. The smallest absolute Gasteiger partial charge is 0.264 e. The molecule has 11 heteroatoms. The summed E-state index contributed by atoms with van der Waals surface area (Å²) in [5, 5.41) is 3.87. The van der Waals surface area contributed by atoms with Crippen LogP contribution >= 0.6 is 23.1 Å². The maximum atomic E-state index is 12.7. The Balaban J connectivity index is 2.16. The van der Waals surface area contributed by atoms with Gasteiger partial charge in [0.25, 0.3) is 10.0 Å². The van der Waals surface area contributed by atoms with Crippen LogP contribution in [-0.2, 0) is 10.0 Å². The molecule has 8 nitrogen and oxygen atoms in total. The largest absolute Gasteiger partial charge is 0.383 e. The van der Waals surface area contributed by atoms with E-state index >= 15 is 0 Å². The van der Waals surface area contributed by atoms with E-state index in [2.05, 4.69) is 33.2 Å². The Morgan fingerprint density at radius 3 is 2.60 bits per heavy atom. The molecule has 0 radical (unpaired) electrons. The SMILES string of the molecule is Cc1cc(NCC(CC(C)(C)CCN)C(C)N)c(Cl)cc1S(=O)(=O)Nc1ncns1. The molecule has 0 bridgehead atoms. The molecule has 0 aliphatic rings. The molecule has 2 rings (SSSR count). The Morgan fingerprint density at radius 1 is 1.33 bits per heavy atom. The molecule has 168 valence electrons. The zero-order chi connectivity index (χ0) is 22.5. The molecule has 0 aliphatic carbocycles. The van der Waals surface area contributed by atoms with Crippen LogP contribution in [0.2, 0.25) is 5.02 Å². The number of sulfonamides is 1. The number of rotatable bonds is 11. The van der Waals surface area contributed by atoms with Crippen molar-refractivity contribution in [1.82, 2.24) is 9.36 Å². The summed E-state index contributed by atoms with van der Waals surface area (Å²) < 4.78 is 31.6. The van der Waals surface area contributed by atoms with E-state index < -0.39 is 10.0 Å². The highest BCUT2D eigenvalue weighted by Crippen LogP contribution is 2.32. The van der Waals surface area contributed by atoms with E-state index in [1.807, 2.05) is 6.92 Å². The van der Waals surface area contributed by atoms with Crippen LogP contribution in [0.4, 0.5) is 10.8 Å². The van der Waals surface area contributed by atoms with Gasteiger partial charge >= 0.3 is 0 Å². The van der Waals surface area contributed by atoms with Crippen LogP contribution in [0.25, 0.3) is 0 Å². The fourth-order valence-electron chi connectivity index (χ4n) is 3.36. The van der Waals surface area contributed by atoms with Gasteiger partial charge in [0.2, 0.25) is 5.13 Å². The van der Waals surface area contributed by atoms with Crippen molar-refractivity contribution in [3.63, 3.8) is 0 Å². The summed E-state index contributed by atoms with van der Waals surface area (Å²) in [4.78, 5) is 3.95. The second kappa shape index (κ2) is 10.2. The third-order valence-electron chi connectivity index (χ3n) is 5.07. The van der Waals surface area contributed by atoms with Crippen molar-refractivity contribution >= 4 is 44.0 Å². The fraction of sp³-hybridized carbons (Fsp3) is 0.579. The molecule has 0 aliphatic heterocycles. The predicted octanol–water partition coefficient (Wildman–Crippen LogP) is 3.44. The number of nitrogens with zero attached hydrogens (tertiary/aromatic N) is 2. The minimum atomic E-state index is -3.81.